The van der Waals surface area contributed by atoms with Crippen molar-refractivity contribution in [3.8, 4) is 0 Å². The monoisotopic (exact) mass is 221 g/mol. The van der Waals surface area contributed by atoms with Gasteiger partial charge in [0.05, 0.1) is 6.61 Å². The Hall–Kier alpha value is -1.69. The molecule has 0 saturated heterocycles. The maximum atomic E-state index is 8.80. The van der Waals surface area contributed by atoms with Crippen LogP contribution in [0.2, 0.25) is 0 Å². The summed E-state index contributed by atoms with van der Waals surface area (Å²) in [4.78, 5) is 12.7. The third kappa shape index (κ3) is 1.71. The lowest BCUT2D eigenvalue weighted by Crippen LogP contribution is -2.09. The van der Waals surface area contributed by atoms with E-state index >= 15 is 0 Å². The minimum absolute atomic E-state index is 0.0741. The average molecular weight is 221 g/mol. The summed E-state index contributed by atoms with van der Waals surface area (Å²) in [5, 5.41) is 11.9. The molecule has 2 heterocycles. The number of nitrogens with zero attached hydrogens (tertiary/aromatic N) is 4. The van der Waals surface area contributed by atoms with Crippen LogP contribution < -0.4 is 5.32 Å². The van der Waals surface area contributed by atoms with E-state index < -0.39 is 0 Å². The highest BCUT2D eigenvalue weighted by Gasteiger charge is 2.11. The minimum Gasteiger partial charge on any atom is -0.395 e. The number of rotatable bonds is 4. The van der Waals surface area contributed by atoms with Gasteiger partial charge >= 0.3 is 0 Å². The second kappa shape index (κ2) is 4.44. The van der Waals surface area contributed by atoms with Crippen LogP contribution in [0.25, 0.3) is 11.2 Å². The van der Waals surface area contributed by atoms with Crippen molar-refractivity contribution in [3.63, 3.8) is 0 Å². The lowest BCUT2D eigenvalue weighted by molar-refractivity contribution is 0.311. The van der Waals surface area contributed by atoms with Crippen LogP contribution >= 0.6 is 0 Å². The predicted octanol–water partition coefficient (Wildman–Crippen LogP) is 0.559. The van der Waals surface area contributed by atoms with Gasteiger partial charge in [0, 0.05) is 13.1 Å². The van der Waals surface area contributed by atoms with E-state index in [2.05, 4.69) is 31.8 Å². The summed E-state index contributed by atoms with van der Waals surface area (Å²) in [6, 6.07) is 0. The van der Waals surface area contributed by atoms with E-state index in [0.29, 0.717) is 12.2 Å². The first-order chi connectivity index (χ1) is 7.77. The number of fused-ring (bicyclic) bond motifs is 1. The normalized spacial score (nSPS) is 10.9. The smallest absolute Gasteiger partial charge is 0.183 e. The van der Waals surface area contributed by atoms with Crippen molar-refractivity contribution in [2.45, 2.75) is 20.4 Å². The summed E-state index contributed by atoms with van der Waals surface area (Å²) in [6.45, 7) is 5.37. The molecule has 0 amide bonds. The second-order valence-electron chi connectivity index (χ2n) is 3.45. The fourth-order valence-corrected chi connectivity index (χ4v) is 1.77. The number of aromatic nitrogens is 4. The van der Waals surface area contributed by atoms with E-state index in [9.17, 15) is 0 Å². The van der Waals surface area contributed by atoms with Gasteiger partial charge in [-0.15, -0.1) is 0 Å². The topological polar surface area (TPSA) is 75.9 Å². The number of hydrogen-bond acceptors (Lipinski definition) is 5. The molecule has 0 radical (unpaired) electrons. The molecule has 2 rings (SSSR count). The average Bonchev–Trinajstić information content (AvgIpc) is 2.62. The molecule has 0 fully saturated rings. The zero-order chi connectivity index (χ0) is 11.5. The molecule has 0 unspecified atom stereocenters. The van der Waals surface area contributed by atoms with Gasteiger partial charge in [0.2, 0.25) is 0 Å². The molecule has 86 valence electrons. The molecule has 0 aromatic carbocycles. The maximum absolute atomic E-state index is 8.80. The van der Waals surface area contributed by atoms with Crippen molar-refractivity contribution in [3.05, 3.63) is 12.2 Å². The highest BCUT2D eigenvalue weighted by atomic mass is 16.3. The largest absolute Gasteiger partial charge is 0.395 e. The Morgan fingerprint density at radius 1 is 1.44 bits per heavy atom. The Morgan fingerprint density at radius 3 is 2.94 bits per heavy atom. The molecule has 2 aromatic rings. The number of nitrogens with one attached hydrogen (secondary N) is 1. The number of imidazole rings is 1. The quantitative estimate of drug-likeness (QED) is 0.789. The van der Waals surface area contributed by atoms with Crippen molar-refractivity contribution in [2.24, 2.45) is 0 Å². The lowest BCUT2D eigenvalue weighted by Gasteiger charge is -2.07. The second-order valence-corrected chi connectivity index (χ2v) is 3.45. The highest BCUT2D eigenvalue weighted by Crippen LogP contribution is 2.20. The van der Waals surface area contributed by atoms with Gasteiger partial charge in [0.1, 0.15) is 17.7 Å². The van der Waals surface area contributed by atoms with Gasteiger partial charge in [0.15, 0.2) is 11.5 Å². The van der Waals surface area contributed by atoms with E-state index in [1.54, 1.807) is 0 Å². The number of hydrogen-bond donors (Lipinski definition) is 2. The Kier molecular flexibility index (Phi) is 3.00. The van der Waals surface area contributed by atoms with Gasteiger partial charge < -0.3 is 15.0 Å². The summed E-state index contributed by atoms with van der Waals surface area (Å²) < 4.78 is 2.05. The van der Waals surface area contributed by atoms with Crippen molar-refractivity contribution in [1.29, 1.82) is 0 Å². The van der Waals surface area contributed by atoms with Crippen LogP contribution in [0.15, 0.2) is 6.33 Å². The third-order valence-electron chi connectivity index (χ3n) is 2.45. The highest BCUT2D eigenvalue weighted by molar-refractivity contribution is 5.83. The number of aliphatic hydroxyl groups excluding tert-OH is 1. The summed E-state index contributed by atoms with van der Waals surface area (Å²) in [5.41, 5.74) is 1.59. The fraction of sp³-hybridized carbons (Fsp3) is 0.500. The summed E-state index contributed by atoms with van der Waals surface area (Å²) >= 11 is 0. The fourth-order valence-electron chi connectivity index (χ4n) is 1.77. The van der Waals surface area contributed by atoms with Crippen molar-refractivity contribution in [2.75, 3.05) is 18.5 Å². The summed E-state index contributed by atoms with van der Waals surface area (Å²) in [6.07, 6.45) is 1.48. The molecule has 0 spiro atoms. The Bertz CT molecular complexity index is 493. The zero-order valence-electron chi connectivity index (χ0n) is 9.43. The SMILES string of the molecule is CCn1c(C)nc2ncnc(NCCO)c21. The Morgan fingerprint density at radius 2 is 2.25 bits per heavy atom. The molecule has 16 heavy (non-hydrogen) atoms. The molecular weight excluding hydrogens is 206 g/mol. The number of aryl methyl sites for hydroxylation is 2. The van der Waals surface area contributed by atoms with E-state index in [1.165, 1.54) is 6.33 Å². The third-order valence-corrected chi connectivity index (χ3v) is 2.45. The molecule has 6 heteroatoms. The molecule has 0 saturated carbocycles. The van der Waals surface area contributed by atoms with E-state index in [4.69, 9.17) is 5.11 Å². The summed E-state index contributed by atoms with van der Waals surface area (Å²) in [7, 11) is 0. The van der Waals surface area contributed by atoms with Gasteiger partial charge in [-0.3, -0.25) is 0 Å². The van der Waals surface area contributed by atoms with Gasteiger partial charge in [-0.25, -0.2) is 15.0 Å². The van der Waals surface area contributed by atoms with E-state index in [0.717, 1.165) is 23.7 Å². The number of anilines is 1. The Labute approximate surface area is 93.4 Å². The molecular formula is C10H15N5O. The first-order valence-electron chi connectivity index (χ1n) is 5.30. The number of aliphatic hydroxyl groups is 1. The maximum Gasteiger partial charge on any atom is 0.183 e. The molecule has 0 aliphatic rings. The van der Waals surface area contributed by atoms with Crippen LogP contribution in [-0.2, 0) is 6.54 Å². The van der Waals surface area contributed by atoms with Gasteiger partial charge in [-0.1, -0.05) is 0 Å². The van der Waals surface area contributed by atoms with Gasteiger partial charge in [-0.2, -0.15) is 0 Å². The van der Waals surface area contributed by atoms with Crippen molar-refractivity contribution < 1.29 is 5.11 Å². The van der Waals surface area contributed by atoms with Crippen LogP contribution in [0.1, 0.15) is 12.7 Å². The molecule has 6 nitrogen and oxygen atoms in total. The molecule has 2 aromatic heterocycles. The lowest BCUT2D eigenvalue weighted by atomic mass is 10.4. The van der Waals surface area contributed by atoms with E-state index in [-0.39, 0.29) is 6.61 Å². The molecule has 0 aliphatic heterocycles. The van der Waals surface area contributed by atoms with Crippen molar-refractivity contribution in [1.82, 2.24) is 19.5 Å². The van der Waals surface area contributed by atoms with Crippen LogP contribution in [-0.4, -0.2) is 37.8 Å². The molecule has 0 atom stereocenters. The van der Waals surface area contributed by atoms with Gasteiger partial charge in [0.25, 0.3) is 0 Å². The Balaban J connectivity index is 2.55. The van der Waals surface area contributed by atoms with E-state index in [1.807, 2.05) is 6.92 Å². The molecule has 0 bridgehead atoms. The standard InChI is InChI=1S/C10H15N5O/c1-3-15-7(2)14-10-8(15)9(11-4-5-16)12-6-13-10/h6,16H,3-5H2,1-2H3,(H,11,12,13). The van der Waals surface area contributed by atoms with Crippen LogP contribution in [0.5, 0.6) is 0 Å². The van der Waals surface area contributed by atoms with Crippen LogP contribution in [0.3, 0.4) is 0 Å². The minimum atomic E-state index is 0.0741. The van der Waals surface area contributed by atoms with Crippen LogP contribution in [0.4, 0.5) is 5.82 Å². The van der Waals surface area contributed by atoms with Gasteiger partial charge in [-0.05, 0) is 13.8 Å². The zero-order valence-corrected chi connectivity index (χ0v) is 9.43. The predicted molar refractivity (Wildman–Crippen MR) is 61.3 cm³/mol. The first-order valence-corrected chi connectivity index (χ1v) is 5.30. The van der Waals surface area contributed by atoms with Crippen molar-refractivity contribution >= 4 is 17.0 Å². The first kappa shape index (κ1) is 10.8. The molecule has 2 N–H and O–H groups in total. The summed E-state index contributed by atoms with van der Waals surface area (Å²) in [5.74, 6) is 1.64. The van der Waals surface area contributed by atoms with Crippen LogP contribution in [0, 0.1) is 6.92 Å². The molecule has 0 aliphatic carbocycles.